The maximum Gasteiger partial charge on any atom is 0.318 e. The number of urea groups is 1. The summed E-state index contributed by atoms with van der Waals surface area (Å²) >= 11 is 1.85. The van der Waals surface area contributed by atoms with Crippen LogP contribution in [0.5, 0.6) is 0 Å². The first-order chi connectivity index (χ1) is 11.1. The SMILES string of the molecule is Cn1ccnc1[C@H](NC(=O)N1CCSCC1)c1cccc(F)c1. The first kappa shape index (κ1) is 15.9. The van der Waals surface area contributed by atoms with Crippen molar-refractivity contribution in [1.82, 2.24) is 19.8 Å². The Morgan fingerprint density at radius 2 is 2.17 bits per heavy atom. The molecule has 1 aromatic heterocycles. The maximum atomic E-state index is 13.6. The van der Waals surface area contributed by atoms with Gasteiger partial charge in [-0.05, 0) is 17.7 Å². The highest BCUT2D eigenvalue weighted by molar-refractivity contribution is 7.99. The Morgan fingerprint density at radius 1 is 1.39 bits per heavy atom. The summed E-state index contributed by atoms with van der Waals surface area (Å²) in [6, 6.07) is 5.66. The second-order valence-corrected chi connectivity index (χ2v) is 6.66. The monoisotopic (exact) mass is 334 g/mol. The van der Waals surface area contributed by atoms with E-state index < -0.39 is 6.04 Å². The van der Waals surface area contributed by atoms with Gasteiger partial charge in [0.25, 0.3) is 0 Å². The van der Waals surface area contributed by atoms with Crippen LogP contribution in [0, 0.1) is 5.82 Å². The molecule has 0 spiro atoms. The number of thioether (sulfide) groups is 1. The predicted molar refractivity (Wildman–Crippen MR) is 88.9 cm³/mol. The van der Waals surface area contributed by atoms with Crippen molar-refractivity contribution in [3.8, 4) is 0 Å². The third-order valence-electron chi connectivity index (χ3n) is 3.86. The smallest absolute Gasteiger partial charge is 0.318 e. The van der Waals surface area contributed by atoms with E-state index in [1.54, 1.807) is 23.2 Å². The Hall–Kier alpha value is -2.02. The van der Waals surface area contributed by atoms with Gasteiger partial charge in [-0.1, -0.05) is 12.1 Å². The quantitative estimate of drug-likeness (QED) is 0.938. The molecule has 1 aromatic carbocycles. The number of hydrogen-bond acceptors (Lipinski definition) is 3. The number of imidazole rings is 1. The van der Waals surface area contributed by atoms with Gasteiger partial charge in [0.1, 0.15) is 17.7 Å². The lowest BCUT2D eigenvalue weighted by Gasteiger charge is -2.29. The predicted octanol–water partition coefficient (Wildman–Crippen LogP) is 2.41. The normalized spacial score (nSPS) is 16.2. The van der Waals surface area contributed by atoms with Gasteiger partial charge in [-0.3, -0.25) is 0 Å². The van der Waals surface area contributed by atoms with E-state index in [1.807, 2.05) is 29.6 Å². The van der Waals surface area contributed by atoms with Crippen LogP contribution in [0.25, 0.3) is 0 Å². The Balaban J connectivity index is 1.86. The molecule has 2 aromatic rings. The van der Waals surface area contributed by atoms with E-state index in [1.165, 1.54) is 12.1 Å². The number of nitrogens with one attached hydrogen (secondary N) is 1. The largest absolute Gasteiger partial charge is 0.336 e. The maximum absolute atomic E-state index is 13.6. The van der Waals surface area contributed by atoms with Crippen molar-refractivity contribution in [2.75, 3.05) is 24.6 Å². The summed E-state index contributed by atoms with van der Waals surface area (Å²) in [5.41, 5.74) is 0.680. The molecule has 0 saturated carbocycles. The molecule has 0 unspecified atom stereocenters. The summed E-state index contributed by atoms with van der Waals surface area (Å²) in [6.45, 7) is 1.46. The van der Waals surface area contributed by atoms with Gasteiger partial charge in [-0.2, -0.15) is 11.8 Å². The zero-order valence-electron chi connectivity index (χ0n) is 12.9. The standard InChI is InChI=1S/C16H19FN4OS/c1-20-6-5-18-15(20)14(12-3-2-4-13(17)11-12)19-16(22)21-7-9-23-10-8-21/h2-6,11,14H,7-10H2,1H3,(H,19,22)/t14-/m1/s1. The van der Waals surface area contributed by atoms with E-state index in [0.29, 0.717) is 11.4 Å². The highest BCUT2D eigenvalue weighted by atomic mass is 32.2. The van der Waals surface area contributed by atoms with Crippen LogP contribution in [0.2, 0.25) is 0 Å². The van der Waals surface area contributed by atoms with E-state index >= 15 is 0 Å². The van der Waals surface area contributed by atoms with Crippen LogP contribution >= 0.6 is 11.8 Å². The van der Waals surface area contributed by atoms with Gasteiger partial charge in [0.15, 0.2) is 0 Å². The number of halogens is 1. The minimum atomic E-state index is -0.479. The van der Waals surface area contributed by atoms with Crippen LogP contribution < -0.4 is 5.32 Å². The molecule has 7 heteroatoms. The zero-order chi connectivity index (χ0) is 16.2. The molecule has 0 bridgehead atoms. The van der Waals surface area contributed by atoms with E-state index in [2.05, 4.69) is 10.3 Å². The van der Waals surface area contributed by atoms with Crippen molar-refractivity contribution in [1.29, 1.82) is 0 Å². The number of hydrogen-bond donors (Lipinski definition) is 1. The van der Waals surface area contributed by atoms with Gasteiger partial charge < -0.3 is 14.8 Å². The van der Waals surface area contributed by atoms with E-state index in [-0.39, 0.29) is 11.8 Å². The summed E-state index contributed by atoms with van der Waals surface area (Å²) < 4.78 is 15.4. The molecule has 5 nitrogen and oxygen atoms in total. The highest BCUT2D eigenvalue weighted by Gasteiger charge is 2.24. The van der Waals surface area contributed by atoms with Crippen molar-refractivity contribution in [3.05, 3.63) is 53.9 Å². The number of rotatable bonds is 3. The summed E-state index contributed by atoms with van der Waals surface area (Å²) in [5.74, 6) is 2.24. The first-order valence-electron chi connectivity index (χ1n) is 7.51. The molecule has 1 aliphatic heterocycles. The molecule has 1 saturated heterocycles. The van der Waals surface area contributed by atoms with Gasteiger partial charge in [0, 0.05) is 44.0 Å². The number of carbonyl (C=O) groups is 1. The fourth-order valence-corrected chi connectivity index (χ4v) is 3.52. The molecular weight excluding hydrogens is 315 g/mol. The molecule has 23 heavy (non-hydrogen) atoms. The van der Waals surface area contributed by atoms with Gasteiger partial charge in [0.2, 0.25) is 0 Å². The summed E-state index contributed by atoms with van der Waals surface area (Å²) in [4.78, 5) is 18.7. The average Bonchev–Trinajstić information content (AvgIpc) is 2.99. The third-order valence-corrected chi connectivity index (χ3v) is 4.81. The second-order valence-electron chi connectivity index (χ2n) is 5.43. The van der Waals surface area contributed by atoms with Crippen molar-refractivity contribution in [3.63, 3.8) is 0 Å². The number of benzene rings is 1. The molecule has 0 radical (unpaired) electrons. The highest BCUT2D eigenvalue weighted by Crippen LogP contribution is 2.22. The van der Waals surface area contributed by atoms with Gasteiger partial charge in [-0.25, -0.2) is 14.2 Å². The number of nitrogens with zero attached hydrogens (tertiary/aromatic N) is 3. The number of aromatic nitrogens is 2. The van der Waals surface area contributed by atoms with Crippen molar-refractivity contribution >= 4 is 17.8 Å². The molecule has 0 aliphatic carbocycles. The fraction of sp³-hybridized carbons (Fsp3) is 0.375. The molecule has 2 amide bonds. The zero-order valence-corrected chi connectivity index (χ0v) is 13.7. The second kappa shape index (κ2) is 7.04. The first-order valence-corrected chi connectivity index (χ1v) is 8.66. The van der Waals surface area contributed by atoms with Crippen molar-refractivity contribution in [2.24, 2.45) is 7.05 Å². The van der Waals surface area contributed by atoms with Crippen LogP contribution in [0.1, 0.15) is 17.4 Å². The summed E-state index contributed by atoms with van der Waals surface area (Å²) in [7, 11) is 1.86. The van der Waals surface area contributed by atoms with Crippen LogP contribution in [0.3, 0.4) is 0 Å². The number of amides is 2. The van der Waals surface area contributed by atoms with E-state index in [0.717, 1.165) is 24.6 Å². The Morgan fingerprint density at radius 3 is 2.83 bits per heavy atom. The number of carbonyl (C=O) groups excluding carboxylic acids is 1. The Kier molecular flexibility index (Phi) is 4.85. The molecule has 1 N–H and O–H groups in total. The van der Waals surface area contributed by atoms with Gasteiger partial charge in [-0.15, -0.1) is 0 Å². The fourth-order valence-electron chi connectivity index (χ4n) is 2.62. The summed E-state index contributed by atoms with van der Waals surface area (Å²) in [5, 5.41) is 3.00. The molecule has 1 fully saturated rings. The molecule has 3 rings (SSSR count). The van der Waals surface area contributed by atoms with Crippen molar-refractivity contribution < 1.29 is 9.18 Å². The Labute approximate surface area is 138 Å². The molecule has 2 heterocycles. The summed E-state index contributed by atoms with van der Waals surface area (Å²) in [6.07, 6.45) is 3.48. The van der Waals surface area contributed by atoms with Crippen molar-refractivity contribution in [2.45, 2.75) is 6.04 Å². The van der Waals surface area contributed by atoms with Crippen LogP contribution in [0.15, 0.2) is 36.7 Å². The van der Waals surface area contributed by atoms with Gasteiger partial charge in [0.05, 0.1) is 0 Å². The molecular formula is C16H19FN4OS. The lowest BCUT2D eigenvalue weighted by Crippen LogP contribution is -2.46. The average molecular weight is 334 g/mol. The van der Waals surface area contributed by atoms with Crippen LogP contribution in [-0.2, 0) is 7.05 Å². The van der Waals surface area contributed by atoms with Gasteiger partial charge >= 0.3 is 6.03 Å². The lowest BCUT2D eigenvalue weighted by atomic mass is 10.1. The van der Waals surface area contributed by atoms with E-state index in [9.17, 15) is 9.18 Å². The minimum absolute atomic E-state index is 0.137. The minimum Gasteiger partial charge on any atom is -0.336 e. The van der Waals surface area contributed by atoms with E-state index in [4.69, 9.17) is 0 Å². The number of aryl methyl sites for hydroxylation is 1. The lowest BCUT2D eigenvalue weighted by molar-refractivity contribution is 0.200. The molecule has 122 valence electrons. The van der Waals surface area contributed by atoms with Crippen LogP contribution in [-0.4, -0.2) is 45.1 Å². The molecule has 1 aliphatic rings. The third kappa shape index (κ3) is 3.67. The Bertz CT molecular complexity index is 684. The van der Waals surface area contributed by atoms with Crippen LogP contribution in [0.4, 0.5) is 9.18 Å². The molecule has 1 atom stereocenters. The topological polar surface area (TPSA) is 50.2 Å².